The Bertz CT molecular complexity index is 926. The smallest absolute Gasteiger partial charge is 0.251 e. The first-order valence-electron chi connectivity index (χ1n) is 9.51. The van der Waals surface area contributed by atoms with Crippen LogP contribution in [0.25, 0.3) is 5.69 Å². The molecule has 1 N–H and O–H groups in total. The van der Waals surface area contributed by atoms with Gasteiger partial charge >= 0.3 is 0 Å². The van der Waals surface area contributed by atoms with Gasteiger partial charge in [-0.3, -0.25) is 4.79 Å². The molecule has 6 nitrogen and oxygen atoms in total. The predicted molar refractivity (Wildman–Crippen MR) is 109 cm³/mol. The van der Waals surface area contributed by atoms with E-state index in [-0.39, 0.29) is 5.91 Å². The molecule has 2 aromatic carbocycles. The van der Waals surface area contributed by atoms with Crippen molar-refractivity contribution in [3.63, 3.8) is 0 Å². The Morgan fingerprint density at radius 3 is 2.36 bits per heavy atom. The summed E-state index contributed by atoms with van der Waals surface area (Å²) < 4.78 is 7.41. The fourth-order valence-electron chi connectivity index (χ4n) is 3.35. The molecule has 0 saturated carbocycles. The number of ether oxygens (including phenoxy) is 1. The predicted octanol–water partition coefficient (Wildman–Crippen LogP) is 2.95. The van der Waals surface area contributed by atoms with Crippen molar-refractivity contribution in [2.45, 2.75) is 13.5 Å². The first-order valence-corrected chi connectivity index (χ1v) is 9.51. The van der Waals surface area contributed by atoms with E-state index in [1.165, 1.54) is 0 Å². The Labute approximate surface area is 164 Å². The van der Waals surface area contributed by atoms with Crippen LogP contribution in [0.5, 0.6) is 0 Å². The maximum absolute atomic E-state index is 12.4. The number of hydrogen-bond acceptors (Lipinski definition) is 4. The van der Waals surface area contributed by atoms with Crippen LogP contribution in [0, 0.1) is 6.92 Å². The Balaban J connectivity index is 1.34. The van der Waals surface area contributed by atoms with Gasteiger partial charge in [0.1, 0.15) is 5.82 Å². The molecule has 1 fully saturated rings. The number of aryl methyl sites for hydroxylation is 1. The molecule has 4 rings (SSSR count). The van der Waals surface area contributed by atoms with Gasteiger partial charge in [-0.2, -0.15) is 0 Å². The number of hydrogen-bond donors (Lipinski definition) is 1. The molecule has 0 aliphatic carbocycles. The lowest BCUT2D eigenvalue weighted by molar-refractivity contribution is 0.0951. The molecule has 6 heteroatoms. The molecule has 1 aromatic heterocycles. The Morgan fingerprint density at radius 1 is 1.04 bits per heavy atom. The molecule has 0 spiro atoms. The summed E-state index contributed by atoms with van der Waals surface area (Å²) in [5, 5.41) is 2.99. The summed E-state index contributed by atoms with van der Waals surface area (Å²) in [5.74, 6) is 0.879. The fourth-order valence-corrected chi connectivity index (χ4v) is 3.35. The van der Waals surface area contributed by atoms with Crippen LogP contribution in [0.4, 0.5) is 5.69 Å². The van der Waals surface area contributed by atoms with Gasteiger partial charge in [-0.1, -0.05) is 12.1 Å². The van der Waals surface area contributed by atoms with E-state index in [4.69, 9.17) is 4.74 Å². The van der Waals surface area contributed by atoms with Gasteiger partial charge in [-0.15, -0.1) is 0 Å². The second-order valence-corrected chi connectivity index (χ2v) is 6.84. The zero-order valence-electron chi connectivity index (χ0n) is 16.0. The number of imidazole rings is 1. The van der Waals surface area contributed by atoms with Crippen molar-refractivity contribution in [2.75, 3.05) is 31.2 Å². The number of morpholine rings is 1. The first kappa shape index (κ1) is 18.3. The third kappa shape index (κ3) is 4.07. The minimum absolute atomic E-state index is 0.0666. The summed E-state index contributed by atoms with van der Waals surface area (Å²) in [5.41, 5.74) is 3.91. The molecule has 28 heavy (non-hydrogen) atoms. The molecule has 0 atom stereocenters. The van der Waals surface area contributed by atoms with Gasteiger partial charge in [0.2, 0.25) is 0 Å². The van der Waals surface area contributed by atoms with Gasteiger partial charge in [0.15, 0.2) is 0 Å². The maximum atomic E-state index is 12.4. The van der Waals surface area contributed by atoms with Gasteiger partial charge < -0.3 is 19.5 Å². The van der Waals surface area contributed by atoms with Crippen LogP contribution in [0.3, 0.4) is 0 Å². The summed E-state index contributed by atoms with van der Waals surface area (Å²) in [6.45, 7) is 5.74. The van der Waals surface area contributed by atoms with E-state index < -0.39 is 0 Å². The minimum Gasteiger partial charge on any atom is -0.378 e. The van der Waals surface area contributed by atoms with E-state index in [0.717, 1.165) is 49.1 Å². The number of aromatic nitrogens is 2. The van der Waals surface area contributed by atoms with E-state index >= 15 is 0 Å². The lowest BCUT2D eigenvalue weighted by Gasteiger charge is -2.28. The number of carbonyl (C=O) groups excluding carboxylic acids is 1. The highest BCUT2D eigenvalue weighted by Crippen LogP contribution is 2.17. The molecule has 2 heterocycles. The van der Waals surface area contributed by atoms with E-state index in [1.54, 1.807) is 6.20 Å². The summed E-state index contributed by atoms with van der Waals surface area (Å²) in [6.07, 6.45) is 3.72. The average molecular weight is 376 g/mol. The zero-order chi connectivity index (χ0) is 19.3. The van der Waals surface area contributed by atoms with Crippen molar-refractivity contribution in [3.05, 3.63) is 77.9 Å². The first-order chi connectivity index (χ1) is 13.7. The second kappa shape index (κ2) is 8.27. The van der Waals surface area contributed by atoms with Crippen LogP contribution in [0.2, 0.25) is 0 Å². The number of anilines is 1. The number of amides is 1. The Morgan fingerprint density at radius 2 is 1.71 bits per heavy atom. The van der Waals surface area contributed by atoms with Crippen LogP contribution >= 0.6 is 0 Å². The third-order valence-electron chi connectivity index (χ3n) is 5.00. The number of nitrogens with one attached hydrogen (secondary N) is 1. The average Bonchev–Trinajstić information content (AvgIpc) is 3.19. The van der Waals surface area contributed by atoms with E-state index in [1.807, 2.05) is 66.2 Å². The number of nitrogens with zero attached hydrogens (tertiary/aromatic N) is 3. The minimum atomic E-state index is -0.0666. The van der Waals surface area contributed by atoms with Gasteiger partial charge in [0.25, 0.3) is 5.91 Å². The van der Waals surface area contributed by atoms with E-state index in [0.29, 0.717) is 12.1 Å². The molecule has 0 radical (unpaired) electrons. The SMILES string of the molecule is Cc1nccn1-c1ccc(CNC(=O)c2ccc(N3CCOCC3)cc2)cc1. The summed E-state index contributed by atoms with van der Waals surface area (Å²) in [7, 11) is 0. The van der Waals surface area contributed by atoms with Crippen molar-refractivity contribution in [2.24, 2.45) is 0 Å². The van der Waals surface area contributed by atoms with Crippen molar-refractivity contribution in [3.8, 4) is 5.69 Å². The van der Waals surface area contributed by atoms with Crippen LogP contribution in [-0.2, 0) is 11.3 Å². The molecule has 1 saturated heterocycles. The van der Waals surface area contributed by atoms with E-state index in [9.17, 15) is 4.79 Å². The molecular weight excluding hydrogens is 352 g/mol. The molecule has 1 amide bonds. The maximum Gasteiger partial charge on any atom is 0.251 e. The number of rotatable bonds is 5. The van der Waals surface area contributed by atoms with Crippen molar-refractivity contribution < 1.29 is 9.53 Å². The van der Waals surface area contributed by atoms with E-state index in [2.05, 4.69) is 15.2 Å². The van der Waals surface area contributed by atoms with Crippen LogP contribution in [-0.4, -0.2) is 41.8 Å². The van der Waals surface area contributed by atoms with Gasteiger partial charge in [0, 0.05) is 49.0 Å². The molecule has 0 bridgehead atoms. The monoisotopic (exact) mass is 376 g/mol. The molecular formula is C22H24N4O2. The van der Waals surface area contributed by atoms with Crippen molar-refractivity contribution in [1.29, 1.82) is 0 Å². The fraction of sp³-hybridized carbons (Fsp3) is 0.273. The third-order valence-corrected chi connectivity index (χ3v) is 5.00. The quantitative estimate of drug-likeness (QED) is 0.744. The van der Waals surface area contributed by atoms with Crippen molar-refractivity contribution >= 4 is 11.6 Å². The van der Waals surface area contributed by atoms with Gasteiger partial charge in [0.05, 0.1) is 13.2 Å². The highest BCUT2D eigenvalue weighted by molar-refractivity contribution is 5.94. The second-order valence-electron chi connectivity index (χ2n) is 6.84. The molecule has 144 valence electrons. The van der Waals surface area contributed by atoms with Crippen molar-refractivity contribution in [1.82, 2.24) is 14.9 Å². The van der Waals surface area contributed by atoms with Gasteiger partial charge in [-0.25, -0.2) is 4.98 Å². The van der Waals surface area contributed by atoms with Crippen LogP contribution in [0.15, 0.2) is 60.9 Å². The molecule has 0 unspecified atom stereocenters. The Kier molecular flexibility index (Phi) is 5.39. The highest BCUT2D eigenvalue weighted by atomic mass is 16.5. The molecule has 3 aromatic rings. The normalized spacial score (nSPS) is 14.1. The number of carbonyl (C=O) groups is 1. The summed E-state index contributed by atoms with van der Waals surface area (Å²) in [4.78, 5) is 19.0. The van der Waals surface area contributed by atoms with Gasteiger partial charge in [-0.05, 0) is 48.9 Å². The topological polar surface area (TPSA) is 59.4 Å². The largest absolute Gasteiger partial charge is 0.378 e. The molecule has 1 aliphatic heterocycles. The summed E-state index contributed by atoms with van der Waals surface area (Å²) >= 11 is 0. The van der Waals surface area contributed by atoms with Crippen LogP contribution < -0.4 is 10.2 Å². The lowest BCUT2D eigenvalue weighted by Crippen LogP contribution is -2.36. The zero-order valence-corrected chi connectivity index (χ0v) is 16.0. The molecule has 1 aliphatic rings. The van der Waals surface area contributed by atoms with Crippen LogP contribution in [0.1, 0.15) is 21.7 Å². The standard InChI is InChI=1S/C22H24N4O2/c1-17-23-10-11-26(17)21-6-2-18(3-7-21)16-24-22(27)19-4-8-20(9-5-19)25-12-14-28-15-13-25/h2-11H,12-16H2,1H3,(H,24,27). The lowest BCUT2D eigenvalue weighted by atomic mass is 10.1. The Hall–Kier alpha value is -3.12. The highest BCUT2D eigenvalue weighted by Gasteiger charge is 2.12. The number of benzene rings is 2. The summed E-state index contributed by atoms with van der Waals surface area (Å²) in [6, 6.07) is 15.9.